The Kier molecular flexibility index (Phi) is 9.43. The molecular formula is C15H33O3P. The standard InChI is InChI=1S/C15H33O3P/c1-10(2)13(7)16-19(17-14(8)11(3)4)18-15(9)12(5)6/h10-15H,1-9H3. The van der Waals surface area contributed by atoms with Gasteiger partial charge >= 0.3 is 8.60 Å². The fraction of sp³-hybridized carbons (Fsp3) is 1.00. The third kappa shape index (κ3) is 8.24. The third-order valence-electron chi connectivity index (χ3n) is 3.57. The maximum atomic E-state index is 5.97. The van der Waals surface area contributed by atoms with E-state index in [0.717, 1.165) is 0 Å². The summed E-state index contributed by atoms with van der Waals surface area (Å²) in [6, 6.07) is 0. The molecule has 0 aliphatic heterocycles. The third-order valence-corrected chi connectivity index (χ3v) is 5.09. The van der Waals surface area contributed by atoms with Crippen LogP contribution < -0.4 is 0 Å². The summed E-state index contributed by atoms with van der Waals surface area (Å²) in [5.41, 5.74) is 0. The lowest BCUT2D eigenvalue weighted by Gasteiger charge is -2.29. The molecule has 116 valence electrons. The van der Waals surface area contributed by atoms with Crippen LogP contribution in [0.4, 0.5) is 0 Å². The highest BCUT2D eigenvalue weighted by Gasteiger charge is 2.25. The van der Waals surface area contributed by atoms with Crippen LogP contribution in [0.1, 0.15) is 62.3 Å². The van der Waals surface area contributed by atoms with Gasteiger partial charge < -0.3 is 13.6 Å². The van der Waals surface area contributed by atoms with Crippen LogP contribution in [0.5, 0.6) is 0 Å². The van der Waals surface area contributed by atoms with Gasteiger partial charge in [0.1, 0.15) is 0 Å². The molecule has 3 nitrogen and oxygen atoms in total. The lowest BCUT2D eigenvalue weighted by molar-refractivity contribution is 0.0437. The average molecular weight is 292 g/mol. The van der Waals surface area contributed by atoms with Crippen molar-refractivity contribution in [3.63, 3.8) is 0 Å². The molecule has 0 aliphatic carbocycles. The van der Waals surface area contributed by atoms with Crippen LogP contribution in [0.2, 0.25) is 0 Å². The van der Waals surface area contributed by atoms with Crippen LogP contribution in [0.25, 0.3) is 0 Å². The van der Waals surface area contributed by atoms with Crippen molar-refractivity contribution in [1.82, 2.24) is 0 Å². The molecule has 0 aromatic heterocycles. The first kappa shape index (κ1) is 19.3. The summed E-state index contributed by atoms with van der Waals surface area (Å²) in [7, 11) is -1.28. The Morgan fingerprint density at radius 3 is 0.842 bits per heavy atom. The van der Waals surface area contributed by atoms with Gasteiger partial charge in [0, 0.05) is 0 Å². The summed E-state index contributed by atoms with van der Waals surface area (Å²) >= 11 is 0. The highest BCUT2D eigenvalue weighted by Crippen LogP contribution is 2.46. The van der Waals surface area contributed by atoms with E-state index in [9.17, 15) is 0 Å². The topological polar surface area (TPSA) is 27.7 Å². The Bertz CT molecular complexity index is 193. The maximum absolute atomic E-state index is 5.97. The molecule has 0 aliphatic rings. The van der Waals surface area contributed by atoms with Gasteiger partial charge in [-0.2, -0.15) is 0 Å². The van der Waals surface area contributed by atoms with Gasteiger partial charge in [-0.15, -0.1) is 0 Å². The van der Waals surface area contributed by atoms with Gasteiger partial charge in [-0.1, -0.05) is 41.5 Å². The van der Waals surface area contributed by atoms with Crippen LogP contribution in [0.3, 0.4) is 0 Å². The van der Waals surface area contributed by atoms with Gasteiger partial charge in [-0.3, -0.25) is 0 Å². The number of hydrogen-bond acceptors (Lipinski definition) is 3. The Balaban J connectivity index is 4.54. The van der Waals surface area contributed by atoms with Crippen LogP contribution >= 0.6 is 8.60 Å². The van der Waals surface area contributed by atoms with Gasteiger partial charge in [0.05, 0.1) is 18.3 Å². The normalized spacial score (nSPS) is 18.9. The Morgan fingerprint density at radius 2 is 0.684 bits per heavy atom. The van der Waals surface area contributed by atoms with Crippen LogP contribution in [-0.4, -0.2) is 18.3 Å². The first-order chi connectivity index (χ1) is 8.65. The zero-order chi connectivity index (χ0) is 15.2. The van der Waals surface area contributed by atoms with Crippen molar-refractivity contribution >= 4 is 8.60 Å². The van der Waals surface area contributed by atoms with Crippen molar-refractivity contribution < 1.29 is 13.6 Å². The minimum absolute atomic E-state index is 0.143. The van der Waals surface area contributed by atoms with Crippen molar-refractivity contribution in [2.24, 2.45) is 17.8 Å². The zero-order valence-corrected chi connectivity index (χ0v) is 15.0. The van der Waals surface area contributed by atoms with Crippen molar-refractivity contribution in [3.05, 3.63) is 0 Å². The van der Waals surface area contributed by atoms with Gasteiger partial charge in [0.2, 0.25) is 0 Å². The molecule has 0 fully saturated rings. The summed E-state index contributed by atoms with van der Waals surface area (Å²) in [4.78, 5) is 0. The van der Waals surface area contributed by atoms with E-state index in [1.54, 1.807) is 0 Å². The Hall–Kier alpha value is 0.310. The van der Waals surface area contributed by atoms with Crippen LogP contribution in [0, 0.1) is 17.8 Å². The van der Waals surface area contributed by atoms with Crippen molar-refractivity contribution in [2.45, 2.75) is 80.6 Å². The van der Waals surface area contributed by atoms with Crippen LogP contribution in [-0.2, 0) is 13.6 Å². The summed E-state index contributed by atoms with van der Waals surface area (Å²) in [5, 5.41) is 0. The van der Waals surface area contributed by atoms with E-state index < -0.39 is 8.60 Å². The molecule has 3 unspecified atom stereocenters. The van der Waals surface area contributed by atoms with Crippen molar-refractivity contribution in [1.29, 1.82) is 0 Å². The molecule has 0 bridgehead atoms. The fourth-order valence-corrected chi connectivity index (χ4v) is 2.54. The molecule has 0 N–H and O–H groups in total. The minimum atomic E-state index is -1.28. The molecule has 0 aromatic carbocycles. The highest BCUT2D eigenvalue weighted by atomic mass is 31.2. The van der Waals surface area contributed by atoms with E-state index in [4.69, 9.17) is 13.6 Å². The van der Waals surface area contributed by atoms with E-state index in [1.807, 2.05) is 0 Å². The van der Waals surface area contributed by atoms with Gasteiger partial charge in [0.15, 0.2) is 0 Å². The summed E-state index contributed by atoms with van der Waals surface area (Å²) in [5.74, 6) is 1.38. The maximum Gasteiger partial charge on any atom is 0.333 e. The summed E-state index contributed by atoms with van der Waals surface area (Å²) < 4.78 is 17.9. The van der Waals surface area contributed by atoms with Crippen LogP contribution in [0.15, 0.2) is 0 Å². The average Bonchev–Trinajstić information content (AvgIpc) is 2.27. The molecule has 19 heavy (non-hydrogen) atoms. The Morgan fingerprint density at radius 1 is 0.474 bits per heavy atom. The Labute approximate surface area is 121 Å². The highest BCUT2D eigenvalue weighted by molar-refractivity contribution is 7.41. The second-order valence-electron chi connectivity index (χ2n) is 6.39. The molecule has 0 saturated carbocycles. The van der Waals surface area contributed by atoms with E-state index in [2.05, 4.69) is 62.3 Å². The molecule has 3 atom stereocenters. The molecule has 0 amide bonds. The number of hydrogen-bond donors (Lipinski definition) is 0. The SMILES string of the molecule is CC(C)C(C)OP(OC(C)C(C)C)OC(C)C(C)C. The van der Waals surface area contributed by atoms with E-state index in [-0.39, 0.29) is 18.3 Å². The predicted octanol–water partition coefficient (Wildman–Crippen LogP) is 5.40. The lowest BCUT2D eigenvalue weighted by atomic mass is 10.1. The van der Waals surface area contributed by atoms with Gasteiger partial charge in [-0.05, 0) is 38.5 Å². The minimum Gasteiger partial charge on any atom is -0.309 e. The second kappa shape index (κ2) is 9.28. The first-order valence-electron chi connectivity index (χ1n) is 7.45. The lowest BCUT2D eigenvalue weighted by Crippen LogP contribution is -2.21. The molecule has 0 heterocycles. The molecule has 0 radical (unpaired) electrons. The van der Waals surface area contributed by atoms with Gasteiger partial charge in [0.25, 0.3) is 0 Å². The molecule has 4 heteroatoms. The largest absolute Gasteiger partial charge is 0.333 e. The fourth-order valence-electron chi connectivity index (χ4n) is 0.847. The smallest absolute Gasteiger partial charge is 0.309 e. The first-order valence-corrected chi connectivity index (χ1v) is 8.55. The zero-order valence-electron chi connectivity index (χ0n) is 14.1. The predicted molar refractivity (Wildman–Crippen MR) is 83.1 cm³/mol. The van der Waals surface area contributed by atoms with E-state index >= 15 is 0 Å². The van der Waals surface area contributed by atoms with Gasteiger partial charge in [-0.25, -0.2) is 0 Å². The van der Waals surface area contributed by atoms with E-state index in [1.165, 1.54) is 0 Å². The molecule has 0 saturated heterocycles. The molecular weight excluding hydrogens is 259 g/mol. The molecule has 0 rings (SSSR count). The van der Waals surface area contributed by atoms with Crippen molar-refractivity contribution in [2.75, 3.05) is 0 Å². The molecule has 0 spiro atoms. The molecule has 0 aromatic rings. The summed E-state index contributed by atoms with van der Waals surface area (Å²) in [6.07, 6.45) is 0.430. The second-order valence-corrected chi connectivity index (χ2v) is 7.47. The number of rotatable bonds is 9. The quantitative estimate of drug-likeness (QED) is 0.533. The monoisotopic (exact) mass is 292 g/mol. The van der Waals surface area contributed by atoms with Crippen molar-refractivity contribution in [3.8, 4) is 0 Å². The van der Waals surface area contributed by atoms with E-state index in [0.29, 0.717) is 17.8 Å². The summed E-state index contributed by atoms with van der Waals surface area (Å²) in [6.45, 7) is 19.1.